The summed E-state index contributed by atoms with van der Waals surface area (Å²) in [5, 5.41) is 6.48. The number of fused-ring (bicyclic) bond motifs is 1. The first-order chi connectivity index (χ1) is 11.1. The molecule has 9 heteroatoms. The van der Waals surface area contributed by atoms with Gasteiger partial charge in [0.05, 0.1) is 29.4 Å². The maximum atomic E-state index is 5.83. The van der Waals surface area contributed by atoms with Gasteiger partial charge in [-0.05, 0) is 19.9 Å². The number of nitrogen functional groups attached to an aromatic ring is 1. The molecule has 0 unspecified atom stereocenters. The molecule has 0 aromatic carbocycles. The molecule has 24 heavy (non-hydrogen) atoms. The van der Waals surface area contributed by atoms with Gasteiger partial charge in [-0.3, -0.25) is 0 Å². The van der Waals surface area contributed by atoms with Gasteiger partial charge in [-0.2, -0.15) is 18.5 Å². The van der Waals surface area contributed by atoms with E-state index in [4.69, 9.17) is 10.5 Å². The molecule has 3 rings (SSSR count). The highest BCUT2D eigenvalue weighted by Gasteiger charge is 2.14. The number of rotatable bonds is 6. The van der Waals surface area contributed by atoms with Crippen molar-refractivity contribution in [3.8, 4) is 0 Å². The molecule has 0 radical (unpaired) electrons. The lowest BCUT2D eigenvalue weighted by molar-refractivity contribution is 0.190. The summed E-state index contributed by atoms with van der Waals surface area (Å²) >= 11 is 1.65. The second-order valence-corrected chi connectivity index (χ2v) is 6.53. The van der Waals surface area contributed by atoms with Crippen molar-refractivity contribution in [2.75, 3.05) is 24.8 Å². The topological polar surface area (TPSA) is 90.9 Å². The molecule has 0 aliphatic heterocycles. The highest BCUT2D eigenvalue weighted by Crippen LogP contribution is 2.24. The van der Waals surface area contributed by atoms with E-state index in [0.29, 0.717) is 19.0 Å². The Labute approximate surface area is 151 Å². The molecular weight excluding hydrogens is 344 g/mol. The van der Waals surface area contributed by atoms with E-state index in [1.54, 1.807) is 18.4 Å². The van der Waals surface area contributed by atoms with Crippen LogP contribution in [0.4, 0.5) is 11.8 Å². The minimum absolute atomic E-state index is 0. The van der Waals surface area contributed by atoms with Crippen molar-refractivity contribution in [3.05, 3.63) is 28.3 Å². The standard InChI is InChI=1S/C15H20N6OS.H2S/c1-9(7-22-3)17-14-13-12(19-15(16)20-14)4-5-21(13)6-11-8-23-10(2)18-11;/h4-5,8-9H,6-7H2,1-3H3,(H3,16,17,19,20);1H2/t9-;/m0./s1. The summed E-state index contributed by atoms with van der Waals surface area (Å²) in [6.07, 6.45) is 1.99. The molecule has 0 spiro atoms. The molecule has 0 amide bonds. The molecule has 3 aromatic rings. The smallest absolute Gasteiger partial charge is 0.222 e. The number of nitrogens with two attached hydrogens (primary N) is 1. The lowest BCUT2D eigenvalue weighted by Crippen LogP contribution is -2.22. The molecule has 1 atom stereocenters. The van der Waals surface area contributed by atoms with Crippen LogP contribution < -0.4 is 11.1 Å². The molecule has 0 saturated heterocycles. The van der Waals surface area contributed by atoms with Crippen LogP contribution in [0.2, 0.25) is 0 Å². The Hall–Kier alpha value is -1.84. The summed E-state index contributed by atoms with van der Waals surface area (Å²) < 4.78 is 7.26. The van der Waals surface area contributed by atoms with E-state index >= 15 is 0 Å². The van der Waals surface area contributed by atoms with Crippen LogP contribution in [0.5, 0.6) is 0 Å². The summed E-state index contributed by atoms with van der Waals surface area (Å²) in [6.45, 7) is 5.29. The zero-order valence-corrected chi connectivity index (χ0v) is 15.7. The van der Waals surface area contributed by atoms with Crippen molar-refractivity contribution < 1.29 is 4.74 Å². The average molecular weight is 367 g/mol. The van der Waals surface area contributed by atoms with Gasteiger partial charge >= 0.3 is 0 Å². The van der Waals surface area contributed by atoms with Crippen molar-refractivity contribution in [2.45, 2.75) is 26.4 Å². The largest absolute Gasteiger partial charge is 0.383 e. The first-order valence-corrected chi connectivity index (χ1v) is 8.23. The van der Waals surface area contributed by atoms with Gasteiger partial charge in [-0.25, -0.2) is 9.97 Å². The van der Waals surface area contributed by atoms with E-state index in [2.05, 4.69) is 30.2 Å². The van der Waals surface area contributed by atoms with Crippen molar-refractivity contribution in [3.63, 3.8) is 0 Å². The third-order valence-corrected chi connectivity index (χ3v) is 4.25. The predicted octanol–water partition coefficient (Wildman–Crippen LogP) is 2.39. The summed E-state index contributed by atoms with van der Waals surface area (Å²) in [6, 6.07) is 2.06. The molecule has 3 aromatic heterocycles. The van der Waals surface area contributed by atoms with E-state index in [9.17, 15) is 0 Å². The third kappa shape index (κ3) is 3.97. The minimum Gasteiger partial charge on any atom is -0.383 e. The van der Waals surface area contributed by atoms with Crippen LogP contribution in [-0.4, -0.2) is 39.3 Å². The summed E-state index contributed by atoms with van der Waals surface area (Å²) in [7, 11) is 1.68. The number of ether oxygens (including phenoxy) is 1. The number of hydrogen-bond donors (Lipinski definition) is 2. The second-order valence-electron chi connectivity index (χ2n) is 5.47. The molecule has 0 aliphatic carbocycles. The van der Waals surface area contributed by atoms with E-state index < -0.39 is 0 Å². The van der Waals surface area contributed by atoms with Gasteiger partial charge in [0.1, 0.15) is 5.52 Å². The fourth-order valence-electron chi connectivity index (χ4n) is 2.54. The van der Waals surface area contributed by atoms with Crippen LogP contribution in [0.25, 0.3) is 11.0 Å². The van der Waals surface area contributed by atoms with Gasteiger partial charge < -0.3 is 20.4 Å². The van der Waals surface area contributed by atoms with Crippen LogP contribution in [-0.2, 0) is 11.3 Å². The van der Waals surface area contributed by atoms with Crippen LogP contribution in [0.1, 0.15) is 17.6 Å². The number of aromatic nitrogens is 4. The van der Waals surface area contributed by atoms with Gasteiger partial charge in [0, 0.05) is 24.7 Å². The molecule has 130 valence electrons. The van der Waals surface area contributed by atoms with Crippen molar-refractivity contribution in [2.24, 2.45) is 0 Å². The Kier molecular flexibility index (Phi) is 6.03. The molecule has 0 fully saturated rings. The molecule has 3 heterocycles. The van der Waals surface area contributed by atoms with E-state index in [1.165, 1.54) is 0 Å². The fourth-order valence-corrected chi connectivity index (χ4v) is 3.14. The molecule has 3 N–H and O–H groups in total. The van der Waals surface area contributed by atoms with Crippen LogP contribution in [0.3, 0.4) is 0 Å². The number of hydrogen-bond acceptors (Lipinski definition) is 7. The Balaban J connectivity index is 0.00000208. The molecule has 0 bridgehead atoms. The number of methoxy groups -OCH3 is 1. The number of anilines is 2. The second kappa shape index (κ2) is 7.82. The number of nitrogens with one attached hydrogen (secondary N) is 1. The lowest BCUT2D eigenvalue weighted by atomic mass is 10.3. The third-order valence-electron chi connectivity index (χ3n) is 3.43. The zero-order chi connectivity index (χ0) is 16.4. The highest BCUT2D eigenvalue weighted by atomic mass is 32.1. The van der Waals surface area contributed by atoms with Crippen molar-refractivity contribution in [1.82, 2.24) is 19.5 Å². The highest BCUT2D eigenvalue weighted by molar-refractivity contribution is 7.59. The van der Waals surface area contributed by atoms with Crippen molar-refractivity contribution in [1.29, 1.82) is 0 Å². The monoisotopic (exact) mass is 366 g/mol. The van der Waals surface area contributed by atoms with Crippen LogP contribution in [0, 0.1) is 6.92 Å². The lowest BCUT2D eigenvalue weighted by Gasteiger charge is -2.15. The normalized spacial score (nSPS) is 12.1. The van der Waals surface area contributed by atoms with Gasteiger partial charge in [0.2, 0.25) is 5.95 Å². The summed E-state index contributed by atoms with van der Waals surface area (Å²) in [4.78, 5) is 13.2. The summed E-state index contributed by atoms with van der Waals surface area (Å²) in [5.74, 6) is 0.973. The SMILES string of the molecule is COC[C@H](C)Nc1nc(N)nc2ccn(Cc3csc(C)n3)c12.S. The van der Waals surface area contributed by atoms with Gasteiger partial charge in [0.15, 0.2) is 5.82 Å². The molecule has 7 nitrogen and oxygen atoms in total. The maximum absolute atomic E-state index is 5.83. The Morgan fingerprint density at radius 3 is 2.83 bits per heavy atom. The quantitative estimate of drug-likeness (QED) is 0.696. The van der Waals surface area contributed by atoms with E-state index in [-0.39, 0.29) is 25.5 Å². The predicted molar refractivity (Wildman–Crippen MR) is 103 cm³/mol. The first-order valence-electron chi connectivity index (χ1n) is 7.35. The zero-order valence-electron chi connectivity index (χ0n) is 13.9. The first kappa shape index (κ1) is 18.5. The molecule has 0 saturated carbocycles. The number of aryl methyl sites for hydroxylation is 1. The fraction of sp³-hybridized carbons (Fsp3) is 0.400. The van der Waals surface area contributed by atoms with Gasteiger partial charge in [0.25, 0.3) is 0 Å². The average Bonchev–Trinajstić information content (AvgIpc) is 3.06. The molecular formula is C15H22N6OS2. The van der Waals surface area contributed by atoms with E-state index in [1.807, 2.05) is 26.1 Å². The van der Waals surface area contributed by atoms with Gasteiger partial charge in [-0.1, -0.05) is 0 Å². The maximum Gasteiger partial charge on any atom is 0.222 e. The summed E-state index contributed by atoms with van der Waals surface area (Å²) in [5.41, 5.74) is 8.59. The van der Waals surface area contributed by atoms with Crippen LogP contribution in [0.15, 0.2) is 17.6 Å². The minimum atomic E-state index is 0. The van der Waals surface area contributed by atoms with E-state index in [0.717, 1.165) is 21.7 Å². The Morgan fingerprint density at radius 1 is 1.38 bits per heavy atom. The Bertz CT molecular complexity index is 816. The number of nitrogens with zero attached hydrogens (tertiary/aromatic N) is 4. The van der Waals surface area contributed by atoms with Crippen LogP contribution >= 0.6 is 24.8 Å². The van der Waals surface area contributed by atoms with Crippen molar-refractivity contribution >= 4 is 47.6 Å². The number of thiazole rings is 1. The Morgan fingerprint density at radius 2 is 2.17 bits per heavy atom. The van der Waals surface area contributed by atoms with Gasteiger partial charge in [-0.15, -0.1) is 11.3 Å². The molecule has 0 aliphatic rings.